The summed E-state index contributed by atoms with van der Waals surface area (Å²) in [7, 11) is -2.91. The Balaban J connectivity index is 1.71. The number of methoxy groups -OCH3 is 1. The smallest absolute Gasteiger partial charge is 0.265 e. The minimum Gasteiger partial charge on any atom is -0.505 e. The predicted octanol–water partition coefficient (Wildman–Crippen LogP) is 3.88. The molecule has 0 unspecified atom stereocenters. The first kappa shape index (κ1) is 24.8. The molecule has 0 radical (unpaired) electrons. The van der Waals surface area contributed by atoms with Crippen molar-refractivity contribution < 1.29 is 23.1 Å². The summed E-state index contributed by atoms with van der Waals surface area (Å²) in [6.45, 7) is 4.22. The van der Waals surface area contributed by atoms with Crippen LogP contribution in [0.15, 0.2) is 59.5 Å². The Kier molecular flexibility index (Phi) is 7.20. The number of amides is 1. The van der Waals surface area contributed by atoms with E-state index in [1.807, 2.05) is 37.3 Å². The number of hydrogen-bond donors (Lipinski definition) is 3. The number of halogens is 1. The third-order valence-electron chi connectivity index (χ3n) is 5.76. The van der Waals surface area contributed by atoms with E-state index in [0.717, 1.165) is 22.8 Å². The van der Waals surface area contributed by atoms with Crippen LogP contribution >= 0.6 is 11.6 Å². The number of ether oxygens (including phenoxy) is 1. The summed E-state index contributed by atoms with van der Waals surface area (Å²) in [6, 6.07) is 15.3. The molecular formula is C25H26ClN3O5S. The Bertz CT molecular complexity index is 1370. The highest BCUT2D eigenvalue weighted by Gasteiger charge is 2.27. The minimum absolute atomic E-state index is 0.0792. The van der Waals surface area contributed by atoms with Crippen LogP contribution in [0.1, 0.15) is 15.9 Å². The molecule has 0 aliphatic carbocycles. The van der Waals surface area contributed by atoms with Crippen molar-refractivity contribution in [1.82, 2.24) is 10.2 Å². The lowest BCUT2D eigenvalue weighted by Gasteiger charge is -2.27. The SMILES string of the molecule is COc1ccc(-c2cccc(C)c2)cc1NS(=O)(=O)c1cc(C(=O)N2CCNCC2)cc(Cl)c1O. The molecule has 1 heterocycles. The molecule has 0 saturated carbocycles. The van der Waals surface area contributed by atoms with Gasteiger partial charge in [-0.25, -0.2) is 8.42 Å². The fourth-order valence-corrected chi connectivity index (χ4v) is 5.43. The second-order valence-electron chi connectivity index (χ2n) is 8.24. The van der Waals surface area contributed by atoms with Crippen LogP contribution in [-0.2, 0) is 10.0 Å². The number of benzene rings is 3. The first-order valence-electron chi connectivity index (χ1n) is 11.0. The molecule has 0 atom stereocenters. The molecule has 3 aromatic carbocycles. The number of anilines is 1. The van der Waals surface area contributed by atoms with Gasteiger partial charge in [0.15, 0.2) is 5.75 Å². The monoisotopic (exact) mass is 515 g/mol. The van der Waals surface area contributed by atoms with E-state index in [-0.39, 0.29) is 22.2 Å². The largest absolute Gasteiger partial charge is 0.505 e. The number of carbonyl (C=O) groups is 1. The summed E-state index contributed by atoms with van der Waals surface area (Å²) in [5, 5.41) is 13.4. The normalized spacial score (nSPS) is 14.0. The fraction of sp³-hybridized carbons (Fsp3) is 0.240. The Labute approximate surface area is 209 Å². The topological polar surface area (TPSA) is 108 Å². The van der Waals surface area contributed by atoms with E-state index >= 15 is 0 Å². The first-order valence-corrected chi connectivity index (χ1v) is 12.9. The molecule has 4 rings (SSSR count). The lowest BCUT2D eigenvalue weighted by molar-refractivity contribution is 0.0735. The van der Waals surface area contributed by atoms with Gasteiger partial charge in [0.2, 0.25) is 0 Å². The van der Waals surface area contributed by atoms with Crippen LogP contribution in [-0.4, -0.2) is 57.6 Å². The Morgan fingerprint density at radius 3 is 2.49 bits per heavy atom. The number of nitrogens with one attached hydrogen (secondary N) is 2. The van der Waals surface area contributed by atoms with Crippen molar-refractivity contribution in [2.75, 3.05) is 38.0 Å². The van der Waals surface area contributed by atoms with Gasteiger partial charge in [-0.15, -0.1) is 0 Å². The zero-order valence-corrected chi connectivity index (χ0v) is 20.9. The maximum Gasteiger partial charge on any atom is 0.265 e. The number of hydrogen-bond acceptors (Lipinski definition) is 6. The van der Waals surface area contributed by atoms with Crippen LogP contribution in [0.25, 0.3) is 11.1 Å². The summed E-state index contributed by atoms with van der Waals surface area (Å²) in [5.74, 6) is -0.697. The molecule has 1 aliphatic heterocycles. The van der Waals surface area contributed by atoms with Gasteiger partial charge in [0, 0.05) is 31.7 Å². The third-order valence-corrected chi connectivity index (χ3v) is 7.43. The van der Waals surface area contributed by atoms with Crippen molar-refractivity contribution in [3.05, 3.63) is 70.7 Å². The van der Waals surface area contributed by atoms with E-state index in [0.29, 0.717) is 31.9 Å². The van der Waals surface area contributed by atoms with Gasteiger partial charge in [0.05, 0.1) is 17.8 Å². The second kappa shape index (κ2) is 10.2. The summed E-state index contributed by atoms with van der Waals surface area (Å²) in [6.07, 6.45) is 0. The average Bonchev–Trinajstić information content (AvgIpc) is 2.85. The molecule has 0 spiro atoms. The number of nitrogens with zero attached hydrogens (tertiary/aromatic N) is 1. The van der Waals surface area contributed by atoms with E-state index in [4.69, 9.17) is 16.3 Å². The molecule has 10 heteroatoms. The minimum atomic E-state index is -4.34. The average molecular weight is 516 g/mol. The van der Waals surface area contributed by atoms with Gasteiger partial charge in [0.1, 0.15) is 10.6 Å². The van der Waals surface area contributed by atoms with Crippen molar-refractivity contribution in [3.8, 4) is 22.6 Å². The lowest BCUT2D eigenvalue weighted by atomic mass is 10.0. The third kappa shape index (κ3) is 5.37. The second-order valence-corrected chi connectivity index (χ2v) is 10.3. The van der Waals surface area contributed by atoms with Crippen molar-refractivity contribution >= 4 is 33.2 Å². The first-order chi connectivity index (χ1) is 16.7. The van der Waals surface area contributed by atoms with Gasteiger partial charge in [-0.1, -0.05) is 47.5 Å². The zero-order valence-electron chi connectivity index (χ0n) is 19.3. The number of aromatic hydroxyl groups is 1. The molecule has 3 N–H and O–H groups in total. The number of carbonyl (C=O) groups excluding carboxylic acids is 1. The summed E-state index contributed by atoms with van der Waals surface area (Å²) in [5.41, 5.74) is 3.00. The Morgan fingerprint density at radius 1 is 1.09 bits per heavy atom. The van der Waals surface area contributed by atoms with Crippen molar-refractivity contribution in [2.24, 2.45) is 0 Å². The number of sulfonamides is 1. The van der Waals surface area contributed by atoms with Gasteiger partial charge in [0.25, 0.3) is 15.9 Å². The lowest BCUT2D eigenvalue weighted by Crippen LogP contribution is -2.46. The Morgan fingerprint density at radius 2 is 1.80 bits per heavy atom. The van der Waals surface area contributed by atoms with E-state index in [2.05, 4.69) is 10.0 Å². The van der Waals surface area contributed by atoms with Crippen molar-refractivity contribution in [3.63, 3.8) is 0 Å². The number of phenols is 1. The van der Waals surface area contributed by atoms with E-state index < -0.39 is 20.7 Å². The molecule has 184 valence electrons. The van der Waals surface area contributed by atoms with E-state index in [1.165, 1.54) is 13.2 Å². The number of phenolic OH excluding ortho intramolecular Hbond substituents is 1. The molecule has 8 nitrogen and oxygen atoms in total. The molecule has 1 saturated heterocycles. The van der Waals surface area contributed by atoms with Crippen LogP contribution in [0.5, 0.6) is 11.5 Å². The van der Waals surface area contributed by atoms with Gasteiger partial charge in [-0.3, -0.25) is 9.52 Å². The predicted molar refractivity (Wildman–Crippen MR) is 136 cm³/mol. The van der Waals surface area contributed by atoms with Gasteiger partial charge in [-0.2, -0.15) is 0 Å². The van der Waals surface area contributed by atoms with Gasteiger partial charge in [-0.05, 0) is 42.3 Å². The fourth-order valence-electron chi connectivity index (χ4n) is 3.94. The van der Waals surface area contributed by atoms with E-state index in [9.17, 15) is 18.3 Å². The van der Waals surface area contributed by atoms with Gasteiger partial charge < -0.3 is 20.1 Å². The number of piperazine rings is 1. The maximum atomic E-state index is 13.4. The summed E-state index contributed by atoms with van der Waals surface area (Å²) < 4.78 is 34.6. The van der Waals surface area contributed by atoms with Crippen LogP contribution < -0.4 is 14.8 Å². The Hall–Kier alpha value is -3.27. The van der Waals surface area contributed by atoms with Crippen molar-refractivity contribution in [2.45, 2.75) is 11.8 Å². The van der Waals surface area contributed by atoms with E-state index in [1.54, 1.807) is 17.0 Å². The van der Waals surface area contributed by atoms with Crippen molar-refractivity contribution in [1.29, 1.82) is 0 Å². The molecule has 1 fully saturated rings. The number of aryl methyl sites for hydroxylation is 1. The molecule has 1 amide bonds. The summed E-state index contributed by atoms with van der Waals surface area (Å²) in [4.78, 5) is 14.1. The standard InChI is InChI=1S/C25H26ClN3O5S/c1-16-4-3-5-17(12-16)18-6-7-22(34-2)21(14-18)28-35(32,33)23-15-19(13-20(26)24(23)30)25(31)29-10-8-27-9-11-29/h3-7,12-15,27-28,30H,8-11H2,1-2H3. The molecule has 3 aromatic rings. The van der Waals surface area contributed by atoms with Crippen LogP contribution in [0.2, 0.25) is 5.02 Å². The highest BCUT2D eigenvalue weighted by molar-refractivity contribution is 7.92. The molecule has 0 aromatic heterocycles. The molecule has 0 bridgehead atoms. The highest BCUT2D eigenvalue weighted by Crippen LogP contribution is 2.37. The quantitative estimate of drug-likeness (QED) is 0.460. The van der Waals surface area contributed by atoms with Crippen LogP contribution in [0, 0.1) is 6.92 Å². The van der Waals surface area contributed by atoms with Crippen LogP contribution in [0.3, 0.4) is 0 Å². The zero-order chi connectivity index (χ0) is 25.2. The molecule has 35 heavy (non-hydrogen) atoms. The number of rotatable bonds is 6. The maximum absolute atomic E-state index is 13.4. The molecular weight excluding hydrogens is 490 g/mol. The molecule has 1 aliphatic rings. The highest BCUT2D eigenvalue weighted by atomic mass is 35.5. The van der Waals surface area contributed by atoms with Crippen LogP contribution in [0.4, 0.5) is 5.69 Å². The summed E-state index contributed by atoms with van der Waals surface area (Å²) >= 11 is 6.14. The van der Waals surface area contributed by atoms with Gasteiger partial charge >= 0.3 is 0 Å².